The fraction of sp³-hybridized carbons (Fsp3) is 0. The Kier molecular flexibility index (Phi) is 6.60. The molecule has 0 heterocycles. The van der Waals surface area contributed by atoms with Crippen molar-refractivity contribution in [2.45, 2.75) is 0 Å². The third-order valence-electron chi connectivity index (χ3n) is 10.4. The van der Waals surface area contributed by atoms with E-state index in [0.717, 1.165) is 0 Å². The summed E-state index contributed by atoms with van der Waals surface area (Å²) in [5.74, 6) is 0. The van der Waals surface area contributed by atoms with Gasteiger partial charge in [-0.1, -0.05) is 182 Å². The van der Waals surface area contributed by atoms with Gasteiger partial charge >= 0.3 is 0 Å². The maximum absolute atomic E-state index is 2.35. The Labute approximate surface area is 291 Å². The van der Waals surface area contributed by atoms with Crippen LogP contribution < -0.4 is 0 Å². The van der Waals surface area contributed by atoms with Crippen LogP contribution in [-0.4, -0.2) is 0 Å². The van der Waals surface area contributed by atoms with E-state index in [0.29, 0.717) is 0 Å². The van der Waals surface area contributed by atoms with Gasteiger partial charge in [0.25, 0.3) is 0 Å². The molecule has 10 aromatic carbocycles. The van der Waals surface area contributed by atoms with Crippen molar-refractivity contribution in [3.63, 3.8) is 0 Å². The van der Waals surface area contributed by atoms with E-state index in [9.17, 15) is 0 Å². The van der Waals surface area contributed by atoms with Gasteiger partial charge in [0.15, 0.2) is 0 Å². The van der Waals surface area contributed by atoms with Gasteiger partial charge in [0.1, 0.15) is 0 Å². The summed E-state index contributed by atoms with van der Waals surface area (Å²) in [6.45, 7) is 0. The summed E-state index contributed by atoms with van der Waals surface area (Å²) in [4.78, 5) is 0. The molecule has 0 heteroatoms. The molecule has 0 saturated heterocycles. The molecule has 0 radical (unpaired) electrons. The van der Waals surface area contributed by atoms with Crippen molar-refractivity contribution in [3.05, 3.63) is 194 Å². The van der Waals surface area contributed by atoms with Crippen molar-refractivity contribution in [2.24, 2.45) is 0 Å². The maximum atomic E-state index is 2.35. The highest BCUT2D eigenvalue weighted by molar-refractivity contribution is 6.28. The Morgan fingerprint density at radius 1 is 0.220 bits per heavy atom. The van der Waals surface area contributed by atoms with Gasteiger partial charge in [-0.2, -0.15) is 0 Å². The van der Waals surface area contributed by atoms with Gasteiger partial charge in [0, 0.05) is 0 Å². The van der Waals surface area contributed by atoms with Crippen LogP contribution in [0.25, 0.3) is 98.4 Å². The second kappa shape index (κ2) is 11.6. The Morgan fingerprint density at radius 3 is 1.38 bits per heavy atom. The Bertz CT molecular complexity index is 2910. The molecule has 0 aliphatic heterocycles. The van der Waals surface area contributed by atoms with E-state index in [1.54, 1.807) is 0 Å². The number of rotatable bonds is 4. The van der Waals surface area contributed by atoms with Crippen molar-refractivity contribution in [1.29, 1.82) is 0 Å². The molecule has 232 valence electrons. The lowest BCUT2D eigenvalue weighted by Crippen LogP contribution is -1.94. The van der Waals surface area contributed by atoms with Gasteiger partial charge in [0.05, 0.1) is 0 Å². The van der Waals surface area contributed by atoms with Gasteiger partial charge in [-0.3, -0.25) is 0 Å². The summed E-state index contributed by atoms with van der Waals surface area (Å²) in [5.41, 5.74) is 9.95. The zero-order valence-electron chi connectivity index (χ0n) is 27.5. The number of fused-ring (bicyclic) bond motifs is 6. The van der Waals surface area contributed by atoms with Crippen LogP contribution in [0.4, 0.5) is 0 Å². The molecule has 0 fully saturated rings. The van der Waals surface area contributed by atoms with Crippen molar-refractivity contribution in [3.8, 4) is 44.5 Å². The second-order valence-corrected chi connectivity index (χ2v) is 13.3. The van der Waals surface area contributed by atoms with Gasteiger partial charge in [-0.15, -0.1) is 0 Å². The van der Waals surface area contributed by atoms with Gasteiger partial charge < -0.3 is 0 Å². The highest BCUT2D eigenvalue weighted by Gasteiger charge is 2.20. The Balaban J connectivity index is 1.24. The molecule has 0 atom stereocenters. The van der Waals surface area contributed by atoms with Crippen molar-refractivity contribution >= 4 is 53.9 Å². The molecule has 0 aliphatic carbocycles. The Hall–Kier alpha value is -6.50. The first-order chi connectivity index (χ1) is 24.8. The van der Waals surface area contributed by atoms with Gasteiger partial charge in [-0.05, 0) is 111 Å². The predicted octanol–water partition coefficient (Wildman–Crippen LogP) is 14.1. The van der Waals surface area contributed by atoms with Crippen LogP contribution in [0.1, 0.15) is 0 Å². The molecule has 0 nitrogen and oxygen atoms in total. The minimum atomic E-state index is 1.22. The molecule has 0 aromatic heterocycles. The molecule has 0 amide bonds. The largest absolute Gasteiger partial charge is 0.0616 e. The van der Waals surface area contributed by atoms with E-state index in [-0.39, 0.29) is 0 Å². The quantitative estimate of drug-likeness (QED) is 0.134. The van der Waals surface area contributed by atoms with E-state index in [2.05, 4.69) is 194 Å². The average molecular weight is 633 g/mol. The first-order valence-corrected chi connectivity index (χ1v) is 17.3. The lowest BCUT2D eigenvalue weighted by molar-refractivity contribution is 1.62. The third kappa shape index (κ3) is 4.61. The molecule has 0 bridgehead atoms. The van der Waals surface area contributed by atoms with Crippen LogP contribution >= 0.6 is 0 Å². The van der Waals surface area contributed by atoms with Crippen LogP contribution in [0.2, 0.25) is 0 Å². The normalized spacial score (nSPS) is 11.6. The standard InChI is InChI=1S/C50H32/c1-3-14-38-31-40(27-23-33(38)11-1)35-21-25-37(26-22-35)48-45-19-9-10-20-46(45)49(47-30-29-36-13-5-6-17-43(36)50(47)48)44-18-8-7-16-42(44)41-28-24-34-12-2-4-15-39(34)32-41/h1-32H. The highest BCUT2D eigenvalue weighted by Crippen LogP contribution is 2.48. The summed E-state index contributed by atoms with van der Waals surface area (Å²) in [6, 6.07) is 71.4. The topological polar surface area (TPSA) is 0 Å². The summed E-state index contributed by atoms with van der Waals surface area (Å²) in [5, 5.41) is 12.6. The lowest BCUT2D eigenvalue weighted by atomic mass is 9.82. The molecule has 0 unspecified atom stereocenters. The number of benzene rings is 10. The van der Waals surface area contributed by atoms with E-state index in [1.807, 2.05) is 0 Å². The molecule has 10 aromatic rings. The van der Waals surface area contributed by atoms with E-state index in [1.165, 1.54) is 98.4 Å². The van der Waals surface area contributed by atoms with Gasteiger partial charge in [-0.25, -0.2) is 0 Å². The van der Waals surface area contributed by atoms with Crippen molar-refractivity contribution in [2.75, 3.05) is 0 Å². The average Bonchev–Trinajstić information content (AvgIpc) is 3.19. The van der Waals surface area contributed by atoms with E-state index in [4.69, 9.17) is 0 Å². The van der Waals surface area contributed by atoms with Crippen LogP contribution in [0.5, 0.6) is 0 Å². The molecule has 0 spiro atoms. The summed E-state index contributed by atoms with van der Waals surface area (Å²) >= 11 is 0. The summed E-state index contributed by atoms with van der Waals surface area (Å²) in [7, 11) is 0. The van der Waals surface area contributed by atoms with Crippen molar-refractivity contribution in [1.82, 2.24) is 0 Å². The molecule has 10 rings (SSSR count). The zero-order valence-corrected chi connectivity index (χ0v) is 27.5. The first kappa shape index (κ1) is 28.5. The fourth-order valence-electron chi connectivity index (χ4n) is 8.05. The minimum Gasteiger partial charge on any atom is -0.0616 e. The molecule has 0 aliphatic rings. The fourth-order valence-corrected chi connectivity index (χ4v) is 8.05. The molecule has 50 heavy (non-hydrogen) atoms. The summed E-state index contributed by atoms with van der Waals surface area (Å²) < 4.78 is 0. The molecular weight excluding hydrogens is 601 g/mol. The lowest BCUT2D eigenvalue weighted by Gasteiger charge is -2.21. The Morgan fingerprint density at radius 2 is 0.680 bits per heavy atom. The zero-order chi connectivity index (χ0) is 33.0. The van der Waals surface area contributed by atoms with Crippen LogP contribution in [-0.2, 0) is 0 Å². The second-order valence-electron chi connectivity index (χ2n) is 13.3. The molecular formula is C50H32. The van der Waals surface area contributed by atoms with Gasteiger partial charge in [0.2, 0.25) is 0 Å². The van der Waals surface area contributed by atoms with E-state index < -0.39 is 0 Å². The monoisotopic (exact) mass is 632 g/mol. The first-order valence-electron chi connectivity index (χ1n) is 17.3. The number of hydrogen-bond donors (Lipinski definition) is 0. The smallest absolute Gasteiger partial charge is 0.00141 e. The minimum absolute atomic E-state index is 1.22. The SMILES string of the molecule is c1ccc(-c2c3ccccc3c(-c3ccc(-c4ccc5ccccc5c4)cc3)c3c2ccc2ccccc23)c(-c2ccc3ccccc3c2)c1. The van der Waals surface area contributed by atoms with Crippen LogP contribution in [0.15, 0.2) is 194 Å². The third-order valence-corrected chi connectivity index (χ3v) is 10.4. The van der Waals surface area contributed by atoms with Crippen LogP contribution in [0.3, 0.4) is 0 Å². The van der Waals surface area contributed by atoms with E-state index >= 15 is 0 Å². The summed E-state index contributed by atoms with van der Waals surface area (Å²) in [6.07, 6.45) is 0. The van der Waals surface area contributed by atoms with Crippen molar-refractivity contribution < 1.29 is 0 Å². The predicted molar refractivity (Wildman–Crippen MR) is 216 cm³/mol. The molecule has 0 N–H and O–H groups in total. The highest BCUT2D eigenvalue weighted by atomic mass is 14.2. The maximum Gasteiger partial charge on any atom is -0.00141 e. The number of hydrogen-bond acceptors (Lipinski definition) is 0. The molecule has 0 saturated carbocycles. The van der Waals surface area contributed by atoms with Crippen LogP contribution in [0, 0.1) is 0 Å².